The maximum Gasteiger partial charge on any atom is 0.197 e. The standard InChI is InChI=1S/C13H18O2/c1-9-5-12-11(7-13(3,4)6-9)8-14-10(2)15-12/h5-7,10H,8H2,1-4H3. The Morgan fingerprint density at radius 2 is 2.07 bits per heavy atom. The molecule has 1 unspecified atom stereocenters. The number of ether oxygens (including phenoxy) is 2. The molecule has 2 aliphatic rings. The van der Waals surface area contributed by atoms with Crippen LogP contribution in [0, 0.1) is 5.41 Å². The van der Waals surface area contributed by atoms with Crippen molar-refractivity contribution < 1.29 is 9.47 Å². The molecule has 0 radical (unpaired) electrons. The smallest absolute Gasteiger partial charge is 0.197 e. The molecule has 1 aliphatic carbocycles. The van der Waals surface area contributed by atoms with Crippen LogP contribution in [0.4, 0.5) is 0 Å². The first-order valence-corrected chi connectivity index (χ1v) is 5.38. The van der Waals surface area contributed by atoms with E-state index in [0.717, 1.165) is 11.3 Å². The van der Waals surface area contributed by atoms with Gasteiger partial charge in [0, 0.05) is 11.0 Å². The van der Waals surface area contributed by atoms with Crippen molar-refractivity contribution in [2.45, 2.75) is 34.0 Å². The SMILES string of the molecule is CC1=CC(C)(C)C=C2COC(C)OC2=C1. The van der Waals surface area contributed by atoms with E-state index in [2.05, 4.69) is 39.0 Å². The van der Waals surface area contributed by atoms with E-state index in [1.165, 1.54) is 5.57 Å². The van der Waals surface area contributed by atoms with Crippen LogP contribution < -0.4 is 0 Å². The summed E-state index contributed by atoms with van der Waals surface area (Å²) in [5.74, 6) is 0.966. The molecule has 2 heteroatoms. The van der Waals surface area contributed by atoms with Gasteiger partial charge in [0.25, 0.3) is 0 Å². The van der Waals surface area contributed by atoms with E-state index in [1.807, 2.05) is 6.92 Å². The summed E-state index contributed by atoms with van der Waals surface area (Å²) in [5, 5.41) is 0. The van der Waals surface area contributed by atoms with Gasteiger partial charge in [0.15, 0.2) is 6.29 Å². The van der Waals surface area contributed by atoms with Crippen molar-refractivity contribution in [3.63, 3.8) is 0 Å². The van der Waals surface area contributed by atoms with Crippen molar-refractivity contribution in [3.8, 4) is 0 Å². The lowest BCUT2D eigenvalue weighted by Gasteiger charge is -2.26. The van der Waals surface area contributed by atoms with E-state index in [-0.39, 0.29) is 11.7 Å². The molecule has 0 aromatic carbocycles. The molecule has 1 atom stereocenters. The molecule has 82 valence electrons. The molecule has 0 spiro atoms. The van der Waals surface area contributed by atoms with Crippen LogP contribution in [0.3, 0.4) is 0 Å². The zero-order valence-electron chi connectivity index (χ0n) is 9.83. The third-order valence-corrected chi connectivity index (χ3v) is 2.59. The lowest BCUT2D eigenvalue weighted by molar-refractivity contribution is -0.116. The molecule has 0 saturated carbocycles. The zero-order valence-corrected chi connectivity index (χ0v) is 9.83. The van der Waals surface area contributed by atoms with E-state index in [4.69, 9.17) is 9.47 Å². The second kappa shape index (κ2) is 3.53. The summed E-state index contributed by atoms with van der Waals surface area (Å²) in [6.45, 7) is 9.07. The molecule has 1 saturated heterocycles. The van der Waals surface area contributed by atoms with Gasteiger partial charge in [-0.3, -0.25) is 0 Å². The maximum atomic E-state index is 5.66. The van der Waals surface area contributed by atoms with Crippen molar-refractivity contribution in [1.82, 2.24) is 0 Å². The monoisotopic (exact) mass is 206 g/mol. The second-order valence-corrected chi connectivity index (χ2v) is 4.88. The Morgan fingerprint density at radius 3 is 2.80 bits per heavy atom. The van der Waals surface area contributed by atoms with Crippen LogP contribution in [0.1, 0.15) is 27.7 Å². The third-order valence-electron chi connectivity index (χ3n) is 2.59. The zero-order chi connectivity index (χ0) is 11.1. The average molecular weight is 206 g/mol. The van der Waals surface area contributed by atoms with Gasteiger partial charge in [-0.25, -0.2) is 0 Å². The van der Waals surface area contributed by atoms with E-state index < -0.39 is 0 Å². The van der Waals surface area contributed by atoms with Crippen molar-refractivity contribution in [1.29, 1.82) is 0 Å². The highest BCUT2D eigenvalue weighted by Crippen LogP contribution is 2.33. The Labute approximate surface area is 91.3 Å². The first-order valence-electron chi connectivity index (χ1n) is 5.38. The molecule has 0 amide bonds. The van der Waals surface area contributed by atoms with E-state index in [1.54, 1.807) is 0 Å². The largest absolute Gasteiger partial charge is 0.465 e. The summed E-state index contributed by atoms with van der Waals surface area (Å²) in [6.07, 6.45) is 6.43. The van der Waals surface area contributed by atoms with E-state index >= 15 is 0 Å². The Kier molecular flexibility index (Phi) is 2.47. The van der Waals surface area contributed by atoms with Crippen LogP contribution in [0.15, 0.2) is 35.1 Å². The molecule has 15 heavy (non-hydrogen) atoms. The minimum Gasteiger partial charge on any atom is -0.465 e. The van der Waals surface area contributed by atoms with Gasteiger partial charge >= 0.3 is 0 Å². The molecule has 1 aliphatic heterocycles. The summed E-state index contributed by atoms with van der Waals surface area (Å²) in [6, 6.07) is 0. The lowest BCUT2D eigenvalue weighted by Crippen LogP contribution is -2.23. The number of allylic oxidation sites excluding steroid dienone is 4. The fourth-order valence-electron chi connectivity index (χ4n) is 2.13. The molecule has 2 nitrogen and oxygen atoms in total. The van der Waals surface area contributed by atoms with Crippen LogP contribution in [0.25, 0.3) is 0 Å². The summed E-state index contributed by atoms with van der Waals surface area (Å²) in [5.41, 5.74) is 2.48. The predicted octanol–water partition coefficient (Wildman–Crippen LogP) is 3.18. The minimum atomic E-state index is -0.137. The molecule has 2 rings (SSSR count). The first-order chi connectivity index (χ1) is 6.96. The number of fused-ring (bicyclic) bond motifs is 1. The quantitative estimate of drug-likeness (QED) is 0.606. The molecule has 1 heterocycles. The fourth-order valence-corrected chi connectivity index (χ4v) is 2.13. The second-order valence-electron chi connectivity index (χ2n) is 4.88. The van der Waals surface area contributed by atoms with Crippen LogP contribution >= 0.6 is 0 Å². The summed E-state index contributed by atoms with van der Waals surface area (Å²) >= 11 is 0. The highest BCUT2D eigenvalue weighted by molar-refractivity contribution is 5.40. The van der Waals surface area contributed by atoms with Crippen molar-refractivity contribution in [2.75, 3.05) is 6.61 Å². The van der Waals surface area contributed by atoms with Crippen LogP contribution in [-0.4, -0.2) is 12.9 Å². The van der Waals surface area contributed by atoms with Gasteiger partial charge in [0.05, 0.1) is 6.61 Å². The topological polar surface area (TPSA) is 18.5 Å². The molecule has 0 N–H and O–H groups in total. The van der Waals surface area contributed by atoms with Gasteiger partial charge in [-0.15, -0.1) is 0 Å². The Bertz CT molecular complexity index is 359. The van der Waals surface area contributed by atoms with E-state index in [9.17, 15) is 0 Å². The first kappa shape index (κ1) is 10.5. The van der Waals surface area contributed by atoms with Crippen molar-refractivity contribution in [2.24, 2.45) is 5.41 Å². The molecule has 0 bridgehead atoms. The maximum absolute atomic E-state index is 5.66. The third kappa shape index (κ3) is 2.32. The predicted molar refractivity (Wildman–Crippen MR) is 60.2 cm³/mol. The highest BCUT2D eigenvalue weighted by atomic mass is 16.7. The van der Waals surface area contributed by atoms with Gasteiger partial charge in [0.2, 0.25) is 0 Å². The summed E-state index contributed by atoms with van der Waals surface area (Å²) in [4.78, 5) is 0. The number of rotatable bonds is 0. The van der Waals surface area contributed by atoms with Gasteiger partial charge < -0.3 is 9.47 Å². The Balaban J connectivity index is 2.38. The molecule has 1 fully saturated rings. The normalized spacial score (nSPS) is 29.1. The number of hydrogen-bond acceptors (Lipinski definition) is 2. The highest BCUT2D eigenvalue weighted by Gasteiger charge is 2.24. The van der Waals surface area contributed by atoms with Gasteiger partial charge in [-0.2, -0.15) is 0 Å². The van der Waals surface area contributed by atoms with Gasteiger partial charge in [-0.1, -0.05) is 31.6 Å². The van der Waals surface area contributed by atoms with Gasteiger partial charge in [-0.05, 0) is 19.9 Å². The molecule has 0 aromatic heterocycles. The van der Waals surface area contributed by atoms with Crippen molar-refractivity contribution in [3.05, 3.63) is 35.1 Å². The minimum absolute atomic E-state index is 0.0744. The summed E-state index contributed by atoms with van der Waals surface area (Å²) in [7, 11) is 0. The number of hydrogen-bond donors (Lipinski definition) is 0. The Morgan fingerprint density at radius 1 is 1.33 bits per heavy atom. The van der Waals surface area contributed by atoms with Crippen LogP contribution in [0.2, 0.25) is 0 Å². The van der Waals surface area contributed by atoms with E-state index in [0.29, 0.717) is 6.61 Å². The Hall–Kier alpha value is -1.02. The van der Waals surface area contributed by atoms with Gasteiger partial charge in [0.1, 0.15) is 5.76 Å². The lowest BCUT2D eigenvalue weighted by atomic mass is 9.90. The molecular weight excluding hydrogens is 188 g/mol. The van der Waals surface area contributed by atoms with Crippen LogP contribution in [0.5, 0.6) is 0 Å². The average Bonchev–Trinajstić information content (AvgIpc) is 2.18. The van der Waals surface area contributed by atoms with Crippen LogP contribution in [-0.2, 0) is 9.47 Å². The molecule has 0 aromatic rings. The van der Waals surface area contributed by atoms with Crippen molar-refractivity contribution >= 4 is 0 Å². The molecular formula is C13H18O2. The fraction of sp³-hybridized carbons (Fsp3) is 0.538. The summed E-state index contributed by atoms with van der Waals surface area (Å²) < 4.78 is 11.1.